The third-order valence-corrected chi connectivity index (χ3v) is 2.38. The highest BCUT2D eigenvalue weighted by molar-refractivity contribution is 5.64. The Bertz CT molecular complexity index is 475. The number of rotatable bonds is 3. The standard InChI is InChI=1S/C11H13FN4/c1-2-3-8-10(15-16-11(8)13)9-5-4-7(12)6-14-9/h4-6H,2-3H2,1H3,(H3,13,15,16). The number of anilines is 1. The summed E-state index contributed by atoms with van der Waals surface area (Å²) in [6, 6.07) is 2.98. The first-order valence-electron chi connectivity index (χ1n) is 5.17. The van der Waals surface area contributed by atoms with Gasteiger partial charge in [-0.15, -0.1) is 0 Å². The lowest BCUT2D eigenvalue weighted by atomic mass is 10.1. The number of nitrogen functional groups attached to an aromatic ring is 1. The molecule has 0 bridgehead atoms. The van der Waals surface area contributed by atoms with E-state index >= 15 is 0 Å². The van der Waals surface area contributed by atoms with E-state index in [1.165, 1.54) is 12.3 Å². The summed E-state index contributed by atoms with van der Waals surface area (Å²) >= 11 is 0. The molecule has 0 saturated heterocycles. The first-order chi connectivity index (χ1) is 7.72. The number of hydrogen-bond donors (Lipinski definition) is 2. The molecule has 2 heterocycles. The molecule has 0 fully saturated rings. The zero-order chi connectivity index (χ0) is 11.5. The van der Waals surface area contributed by atoms with Gasteiger partial charge in [-0.3, -0.25) is 10.1 Å². The molecule has 0 spiro atoms. The van der Waals surface area contributed by atoms with Gasteiger partial charge in [0, 0.05) is 5.56 Å². The summed E-state index contributed by atoms with van der Waals surface area (Å²) in [6.45, 7) is 2.06. The van der Waals surface area contributed by atoms with Crippen LogP contribution in [0.4, 0.5) is 10.2 Å². The van der Waals surface area contributed by atoms with Crippen LogP contribution < -0.4 is 5.73 Å². The molecule has 0 saturated carbocycles. The van der Waals surface area contributed by atoms with Crippen molar-refractivity contribution in [1.82, 2.24) is 15.2 Å². The van der Waals surface area contributed by atoms with Crippen molar-refractivity contribution in [2.45, 2.75) is 19.8 Å². The Morgan fingerprint density at radius 3 is 2.88 bits per heavy atom. The lowest BCUT2D eigenvalue weighted by molar-refractivity contribution is 0.621. The van der Waals surface area contributed by atoms with Crippen molar-refractivity contribution >= 4 is 5.82 Å². The number of halogens is 1. The van der Waals surface area contributed by atoms with Crippen LogP contribution in [0.15, 0.2) is 18.3 Å². The predicted octanol–water partition coefficient (Wildman–Crippen LogP) is 2.15. The molecule has 0 aliphatic rings. The maximum Gasteiger partial charge on any atom is 0.149 e. The number of pyridine rings is 1. The second kappa shape index (κ2) is 4.30. The molecular formula is C11H13FN4. The van der Waals surface area contributed by atoms with Gasteiger partial charge >= 0.3 is 0 Å². The Hall–Kier alpha value is -1.91. The summed E-state index contributed by atoms with van der Waals surface area (Å²) in [5, 5.41) is 6.79. The van der Waals surface area contributed by atoms with Crippen LogP contribution in [-0.2, 0) is 6.42 Å². The molecule has 2 rings (SSSR count). The van der Waals surface area contributed by atoms with Crippen LogP contribution in [0.2, 0.25) is 0 Å². The maximum absolute atomic E-state index is 12.7. The third kappa shape index (κ3) is 1.88. The van der Waals surface area contributed by atoms with Gasteiger partial charge in [0.25, 0.3) is 0 Å². The number of H-pyrrole nitrogens is 1. The average Bonchev–Trinajstić information content (AvgIpc) is 2.63. The van der Waals surface area contributed by atoms with Crippen molar-refractivity contribution < 1.29 is 4.39 Å². The summed E-state index contributed by atoms with van der Waals surface area (Å²) in [4.78, 5) is 4.00. The third-order valence-electron chi connectivity index (χ3n) is 2.38. The normalized spacial score (nSPS) is 10.6. The van der Waals surface area contributed by atoms with E-state index in [1.54, 1.807) is 6.07 Å². The van der Waals surface area contributed by atoms with Gasteiger partial charge in [-0.05, 0) is 18.6 Å². The molecule has 2 aromatic heterocycles. The zero-order valence-electron chi connectivity index (χ0n) is 9.00. The minimum Gasteiger partial charge on any atom is -0.382 e. The summed E-state index contributed by atoms with van der Waals surface area (Å²) < 4.78 is 12.7. The Morgan fingerprint density at radius 2 is 2.25 bits per heavy atom. The fraction of sp³-hybridized carbons (Fsp3) is 0.273. The highest BCUT2D eigenvalue weighted by atomic mass is 19.1. The van der Waals surface area contributed by atoms with E-state index in [-0.39, 0.29) is 5.82 Å². The molecule has 2 aromatic rings. The van der Waals surface area contributed by atoms with Gasteiger partial charge in [-0.25, -0.2) is 4.39 Å². The van der Waals surface area contributed by atoms with Crippen LogP contribution >= 0.6 is 0 Å². The molecular weight excluding hydrogens is 207 g/mol. The first kappa shape index (κ1) is 10.6. The highest BCUT2D eigenvalue weighted by Crippen LogP contribution is 2.24. The monoisotopic (exact) mass is 220 g/mol. The van der Waals surface area contributed by atoms with E-state index in [1.807, 2.05) is 0 Å². The topological polar surface area (TPSA) is 67.6 Å². The molecule has 0 aliphatic carbocycles. The largest absolute Gasteiger partial charge is 0.382 e. The van der Waals surface area contributed by atoms with Crippen molar-refractivity contribution in [2.75, 3.05) is 5.73 Å². The fourth-order valence-electron chi connectivity index (χ4n) is 1.62. The minimum absolute atomic E-state index is 0.353. The molecule has 4 nitrogen and oxygen atoms in total. The van der Waals surface area contributed by atoms with Crippen LogP contribution in [0.5, 0.6) is 0 Å². The number of nitrogens with one attached hydrogen (secondary N) is 1. The van der Waals surface area contributed by atoms with Crippen molar-refractivity contribution in [3.63, 3.8) is 0 Å². The van der Waals surface area contributed by atoms with Crippen LogP contribution in [0.3, 0.4) is 0 Å². The molecule has 0 aliphatic heterocycles. The van der Waals surface area contributed by atoms with E-state index in [0.717, 1.165) is 24.1 Å². The minimum atomic E-state index is -0.353. The SMILES string of the molecule is CCCc1c(N)n[nH]c1-c1ccc(F)cn1. The lowest BCUT2D eigenvalue weighted by Crippen LogP contribution is -1.93. The molecule has 0 atom stereocenters. The Balaban J connectivity index is 2.43. The summed E-state index contributed by atoms with van der Waals surface area (Å²) in [5.41, 5.74) is 8.13. The molecule has 16 heavy (non-hydrogen) atoms. The summed E-state index contributed by atoms with van der Waals surface area (Å²) in [7, 11) is 0. The van der Waals surface area contributed by atoms with Gasteiger partial charge in [-0.2, -0.15) is 5.10 Å². The number of hydrogen-bond acceptors (Lipinski definition) is 3. The molecule has 84 valence electrons. The predicted molar refractivity (Wildman–Crippen MR) is 60.2 cm³/mol. The average molecular weight is 220 g/mol. The van der Waals surface area contributed by atoms with Gasteiger partial charge in [0.05, 0.1) is 17.6 Å². The van der Waals surface area contributed by atoms with Crippen molar-refractivity contribution in [3.05, 3.63) is 29.7 Å². The van der Waals surface area contributed by atoms with Crippen molar-refractivity contribution in [1.29, 1.82) is 0 Å². The fourth-order valence-corrected chi connectivity index (χ4v) is 1.62. The lowest BCUT2D eigenvalue weighted by Gasteiger charge is -2.01. The van der Waals surface area contributed by atoms with E-state index in [4.69, 9.17) is 5.73 Å². The Morgan fingerprint density at radius 1 is 1.44 bits per heavy atom. The van der Waals surface area contributed by atoms with Gasteiger partial charge in [-0.1, -0.05) is 13.3 Å². The van der Waals surface area contributed by atoms with E-state index in [2.05, 4.69) is 22.1 Å². The molecule has 0 radical (unpaired) electrons. The molecule has 3 N–H and O–H groups in total. The quantitative estimate of drug-likeness (QED) is 0.832. The zero-order valence-corrected chi connectivity index (χ0v) is 9.00. The molecule has 0 unspecified atom stereocenters. The second-order valence-corrected chi connectivity index (χ2v) is 3.57. The van der Waals surface area contributed by atoms with Gasteiger partial charge in [0.2, 0.25) is 0 Å². The summed E-state index contributed by atoms with van der Waals surface area (Å²) in [5.74, 6) is 0.135. The highest BCUT2D eigenvalue weighted by Gasteiger charge is 2.12. The maximum atomic E-state index is 12.7. The Labute approximate surface area is 92.7 Å². The molecule has 0 amide bonds. The van der Waals surface area contributed by atoms with E-state index < -0.39 is 0 Å². The van der Waals surface area contributed by atoms with Crippen LogP contribution in [0.1, 0.15) is 18.9 Å². The van der Waals surface area contributed by atoms with Crippen LogP contribution in [0, 0.1) is 5.82 Å². The smallest absolute Gasteiger partial charge is 0.149 e. The number of nitrogens with two attached hydrogens (primary N) is 1. The van der Waals surface area contributed by atoms with Crippen LogP contribution in [-0.4, -0.2) is 15.2 Å². The number of nitrogens with zero attached hydrogens (tertiary/aromatic N) is 2. The molecule has 5 heteroatoms. The van der Waals surface area contributed by atoms with Crippen LogP contribution in [0.25, 0.3) is 11.4 Å². The first-order valence-corrected chi connectivity index (χ1v) is 5.17. The van der Waals surface area contributed by atoms with Crippen molar-refractivity contribution in [3.8, 4) is 11.4 Å². The molecule has 0 aromatic carbocycles. The number of aromatic nitrogens is 3. The summed E-state index contributed by atoms with van der Waals surface area (Å²) in [6.07, 6.45) is 2.98. The van der Waals surface area contributed by atoms with E-state index in [0.29, 0.717) is 11.5 Å². The Kier molecular flexibility index (Phi) is 2.85. The second-order valence-electron chi connectivity index (χ2n) is 3.57. The van der Waals surface area contributed by atoms with Gasteiger partial charge in [0.1, 0.15) is 11.6 Å². The van der Waals surface area contributed by atoms with Gasteiger partial charge in [0.15, 0.2) is 0 Å². The van der Waals surface area contributed by atoms with Crippen molar-refractivity contribution in [2.24, 2.45) is 0 Å². The van der Waals surface area contributed by atoms with E-state index in [9.17, 15) is 4.39 Å². The van der Waals surface area contributed by atoms with Gasteiger partial charge < -0.3 is 5.73 Å². The number of aromatic amines is 1.